The fourth-order valence-electron chi connectivity index (χ4n) is 3.79. The molecule has 6 heteroatoms. The molecule has 1 fully saturated rings. The molecule has 2 atom stereocenters. The highest BCUT2D eigenvalue weighted by atomic mass is 32.2. The number of nitrogens with zero attached hydrogens (tertiary/aromatic N) is 1. The fraction of sp³-hybridized carbons (Fsp3) is 0.192. The van der Waals surface area contributed by atoms with Crippen LogP contribution in [0.1, 0.15) is 23.6 Å². The van der Waals surface area contributed by atoms with Crippen LogP contribution in [-0.2, 0) is 20.9 Å². The largest absolute Gasteiger partial charge is 0.350 e. The number of carbonyl (C=O) groups is 3. The number of hydrogen-bond acceptors (Lipinski definition) is 4. The molecule has 3 aromatic carbocycles. The Hall–Kier alpha value is -3.38. The molecule has 0 bridgehead atoms. The van der Waals surface area contributed by atoms with Crippen LogP contribution in [0.2, 0.25) is 0 Å². The second kappa shape index (κ2) is 10.3. The minimum absolute atomic E-state index is 0.0150. The average molecular weight is 445 g/mol. The van der Waals surface area contributed by atoms with Crippen molar-refractivity contribution in [3.05, 3.63) is 102 Å². The predicted octanol–water partition coefficient (Wildman–Crippen LogP) is 4.36. The van der Waals surface area contributed by atoms with Crippen molar-refractivity contribution in [1.29, 1.82) is 0 Å². The Morgan fingerprint density at radius 2 is 1.50 bits per heavy atom. The summed E-state index contributed by atoms with van der Waals surface area (Å²) in [6.45, 7) is 0.359. The first-order valence-electron chi connectivity index (χ1n) is 10.5. The molecule has 162 valence electrons. The van der Waals surface area contributed by atoms with Gasteiger partial charge < -0.3 is 5.32 Å². The van der Waals surface area contributed by atoms with Crippen LogP contribution in [-0.4, -0.2) is 22.7 Å². The summed E-state index contributed by atoms with van der Waals surface area (Å²) in [6.07, 6.45) is 0.194. The van der Waals surface area contributed by atoms with E-state index in [1.807, 2.05) is 91.0 Å². The third-order valence-corrected chi connectivity index (χ3v) is 6.47. The van der Waals surface area contributed by atoms with Gasteiger partial charge in [-0.2, -0.15) is 0 Å². The van der Waals surface area contributed by atoms with E-state index in [4.69, 9.17) is 0 Å². The van der Waals surface area contributed by atoms with Crippen LogP contribution >= 0.6 is 11.8 Å². The highest BCUT2D eigenvalue weighted by molar-refractivity contribution is 8.14. The number of anilines is 1. The molecule has 5 nitrogen and oxygen atoms in total. The second-order valence-corrected chi connectivity index (χ2v) is 8.72. The zero-order valence-corrected chi connectivity index (χ0v) is 18.3. The first-order valence-corrected chi connectivity index (χ1v) is 11.5. The van der Waals surface area contributed by atoms with E-state index in [0.29, 0.717) is 23.5 Å². The topological polar surface area (TPSA) is 66.5 Å². The molecule has 3 aromatic rings. The van der Waals surface area contributed by atoms with E-state index in [2.05, 4.69) is 5.32 Å². The van der Waals surface area contributed by atoms with E-state index < -0.39 is 12.0 Å². The van der Waals surface area contributed by atoms with Crippen LogP contribution in [0.25, 0.3) is 0 Å². The monoisotopic (exact) mass is 444 g/mol. The lowest BCUT2D eigenvalue weighted by Gasteiger charge is -2.33. The molecule has 0 radical (unpaired) electrons. The lowest BCUT2D eigenvalue weighted by Crippen LogP contribution is -2.46. The smallest absolute Gasteiger partial charge is 0.248 e. The number of benzene rings is 3. The van der Waals surface area contributed by atoms with Crippen molar-refractivity contribution in [2.24, 2.45) is 5.92 Å². The third-order valence-electron chi connectivity index (χ3n) is 5.41. The van der Waals surface area contributed by atoms with Crippen molar-refractivity contribution in [2.75, 3.05) is 10.7 Å². The number of nitrogens with one attached hydrogen (secondary N) is 1. The van der Waals surface area contributed by atoms with E-state index in [1.54, 1.807) is 4.90 Å². The summed E-state index contributed by atoms with van der Waals surface area (Å²) < 4.78 is 0. The van der Waals surface area contributed by atoms with Gasteiger partial charge in [-0.05, 0) is 23.3 Å². The molecule has 0 aromatic heterocycles. The van der Waals surface area contributed by atoms with Gasteiger partial charge in [0.15, 0.2) is 5.12 Å². The maximum atomic E-state index is 13.7. The normalized spacial score (nSPS) is 16.4. The molecular weight excluding hydrogens is 420 g/mol. The van der Waals surface area contributed by atoms with Crippen LogP contribution in [0.4, 0.5) is 5.69 Å². The summed E-state index contributed by atoms with van der Waals surface area (Å²) >= 11 is 1.18. The molecule has 0 unspecified atom stereocenters. The van der Waals surface area contributed by atoms with Gasteiger partial charge in [-0.3, -0.25) is 19.3 Å². The van der Waals surface area contributed by atoms with Gasteiger partial charge >= 0.3 is 0 Å². The zero-order chi connectivity index (χ0) is 22.3. The van der Waals surface area contributed by atoms with Gasteiger partial charge in [-0.25, -0.2) is 0 Å². The van der Waals surface area contributed by atoms with Gasteiger partial charge in [-0.1, -0.05) is 90.6 Å². The number of rotatable bonds is 7. The molecule has 0 spiro atoms. The Balaban J connectivity index is 1.70. The summed E-state index contributed by atoms with van der Waals surface area (Å²) in [4.78, 5) is 40.6. The number of amides is 2. The Morgan fingerprint density at radius 1 is 0.906 bits per heavy atom. The summed E-state index contributed by atoms with van der Waals surface area (Å²) in [5.74, 6) is -0.484. The molecular formula is C26H24N2O3S. The van der Waals surface area contributed by atoms with Crippen LogP contribution in [0.3, 0.4) is 0 Å². The molecule has 1 saturated heterocycles. The first kappa shape index (κ1) is 21.8. The lowest BCUT2D eigenvalue weighted by atomic mass is 9.99. The van der Waals surface area contributed by atoms with Crippen LogP contribution in [0.5, 0.6) is 0 Å². The van der Waals surface area contributed by atoms with Crippen molar-refractivity contribution in [1.82, 2.24) is 5.32 Å². The van der Waals surface area contributed by atoms with E-state index in [1.165, 1.54) is 11.8 Å². The van der Waals surface area contributed by atoms with Crippen LogP contribution in [0.15, 0.2) is 91.0 Å². The van der Waals surface area contributed by atoms with E-state index in [9.17, 15) is 14.4 Å². The average Bonchev–Trinajstić information content (AvgIpc) is 3.28. The molecule has 0 aliphatic carbocycles. The standard InChI is InChI=1S/C26H24N2O3S/c29-23-16-21(18-32-23)26(31)28(22-14-8-3-9-15-22)24(20-12-6-2-7-13-20)25(30)27-17-19-10-4-1-5-11-19/h1-15,21,24H,16-18H2,(H,27,30)/t21-,24+/m1/s1. The Kier molecular flexibility index (Phi) is 7.02. The van der Waals surface area contributed by atoms with Crippen molar-refractivity contribution in [3.8, 4) is 0 Å². The summed E-state index contributed by atoms with van der Waals surface area (Å²) in [7, 11) is 0. The highest BCUT2D eigenvalue weighted by Crippen LogP contribution is 2.34. The quantitative estimate of drug-likeness (QED) is 0.588. The minimum atomic E-state index is -0.851. The maximum absolute atomic E-state index is 13.7. The predicted molar refractivity (Wildman–Crippen MR) is 127 cm³/mol. The van der Waals surface area contributed by atoms with Gasteiger partial charge in [0.25, 0.3) is 0 Å². The molecule has 0 saturated carbocycles. The van der Waals surface area contributed by atoms with E-state index in [0.717, 1.165) is 5.56 Å². The highest BCUT2D eigenvalue weighted by Gasteiger charge is 2.39. The van der Waals surface area contributed by atoms with Crippen LogP contribution < -0.4 is 10.2 Å². The summed E-state index contributed by atoms with van der Waals surface area (Å²) in [5, 5.41) is 3.01. The lowest BCUT2D eigenvalue weighted by molar-refractivity contribution is -0.128. The van der Waals surface area contributed by atoms with Crippen molar-refractivity contribution < 1.29 is 14.4 Å². The maximum Gasteiger partial charge on any atom is 0.248 e. The Labute approximate surface area is 191 Å². The second-order valence-electron chi connectivity index (χ2n) is 7.64. The number of para-hydroxylation sites is 1. The SMILES string of the molecule is O=C1C[C@@H](C(=O)N(c2ccccc2)[C@H](C(=O)NCc2ccccc2)c2ccccc2)CS1. The van der Waals surface area contributed by atoms with Crippen molar-refractivity contribution in [2.45, 2.75) is 19.0 Å². The van der Waals surface area contributed by atoms with Crippen LogP contribution in [0, 0.1) is 5.92 Å². The van der Waals surface area contributed by atoms with Gasteiger partial charge in [0.2, 0.25) is 11.8 Å². The summed E-state index contributed by atoms with van der Waals surface area (Å²) in [6, 6.07) is 27.3. The van der Waals surface area contributed by atoms with Gasteiger partial charge in [0.05, 0.1) is 5.92 Å². The van der Waals surface area contributed by atoms with Gasteiger partial charge in [0, 0.05) is 24.4 Å². The van der Waals surface area contributed by atoms with Gasteiger partial charge in [0.1, 0.15) is 6.04 Å². The molecule has 4 rings (SSSR count). The number of hydrogen-bond donors (Lipinski definition) is 1. The molecule has 1 heterocycles. The van der Waals surface area contributed by atoms with Crippen molar-refractivity contribution in [3.63, 3.8) is 0 Å². The molecule has 32 heavy (non-hydrogen) atoms. The third kappa shape index (κ3) is 5.08. The number of carbonyl (C=O) groups excluding carboxylic acids is 3. The van der Waals surface area contributed by atoms with Crippen molar-refractivity contribution >= 4 is 34.4 Å². The first-order chi connectivity index (χ1) is 15.6. The molecule has 1 aliphatic heterocycles. The van der Waals surface area contributed by atoms with Gasteiger partial charge in [-0.15, -0.1) is 0 Å². The Morgan fingerprint density at radius 3 is 2.09 bits per heavy atom. The van der Waals surface area contributed by atoms with E-state index >= 15 is 0 Å². The molecule has 1 aliphatic rings. The fourth-order valence-corrected chi connectivity index (χ4v) is 4.76. The van der Waals surface area contributed by atoms with E-state index in [-0.39, 0.29) is 23.4 Å². The molecule has 2 amide bonds. The molecule has 1 N–H and O–H groups in total. The minimum Gasteiger partial charge on any atom is -0.350 e. The number of thioether (sulfide) groups is 1. The zero-order valence-electron chi connectivity index (χ0n) is 17.5. The summed E-state index contributed by atoms with van der Waals surface area (Å²) in [5.41, 5.74) is 2.32. The Bertz CT molecular complexity index is 1070.